The van der Waals surface area contributed by atoms with Crippen LogP contribution in [0.3, 0.4) is 0 Å². The number of hydrogen-bond donors (Lipinski definition) is 0. The Balaban J connectivity index is 2.76. The van der Waals surface area contributed by atoms with Gasteiger partial charge >= 0.3 is 0 Å². The maximum atomic E-state index is 5.25. The first-order chi connectivity index (χ1) is 6.36. The Morgan fingerprint density at radius 1 is 1.08 bits per heavy atom. The molecule has 0 bridgehead atoms. The summed E-state index contributed by atoms with van der Waals surface area (Å²) in [5.74, 6) is 1.76. The molecule has 0 unspecified atom stereocenters. The van der Waals surface area contributed by atoms with Gasteiger partial charge in [0.1, 0.15) is 11.5 Å². The van der Waals surface area contributed by atoms with Crippen molar-refractivity contribution in [3.8, 4) is 11.5 Å². The van der Waals surface area contributed by atoms with Crippen LogP contribution >= 0.6 is 11.3 Å². The molecule has 0 spiro atoms. The maximum Gasteiger partial charge on any atom is 0.141 e. The first-order valence-electron chi connectivity index (χ1n) is 3.95. The van der Waals surface area contributed by atoms with Crippen LogP contribution < -0.4 is 9.47 Å². The minimum absolute atomic E-state index is 0.871. The lowest BCUT2D eigenvalue weighted by Crippen LogP contribution is -1.85. The lowest BCUT2D eigenvalue weighted by molar-refractivity contribution is 0.406. The molecule has 0 radical (unpaired) electrons. The molecule has 0 amide bonds. The zero-order valence-electron chi connectivity index (χ0n) is 7.53. The highest BCUT2D eigenvalue weighted by Gasteiger charge is 2.08. The van der Waals surface area contributed by atoms with E-state index < -0.39 is 0 Å². The summed E-state index contributed by atoms with van der Waals surface area (Å²) in [5, 5.41) is 3.06. The summed E-state index contributed by atoms with van der Waals surface area (Å²) in [4.78, 5) is 0. The molecule has 13 heavy (non-hydrogen) atoms. The molecule has 0 aliphatic heterocycles. The average molecular weight is 194 g/mol. The maximum absolute atomic E-state index is 5.25. The molecule has 0 atom stereocenters. The second-order valence-corrected chi connectivity index (χ2v) is 3.55. The molecule has 2 rings (SSSR count). The van der Waals surface area contributed by atoms with Crippen molar-refractivity contribution < 1.29 is 9.47 Å². The zero-order valence-corrected chi connectivity index (χ0v) is 8.35. The van der Waals surface area contributed by atoms with E-state index in [1.54, 1.807) is 25.6 Å². The van der Waals surface area contributed by atoms with E-state index in [4.69, 9.17) is 9.47 Å². The van der Waals surface area contributed by atoms with Crippen LogP contribution in [0, 0.1) is 0 Å². The van der Waals surface area contributed by atoms with Crippen LogP contribution in [0.4, 0.5) is 0 Å². The molecule has 0 saturated carbocycles. The van der Waals surface area contributed by atoms with Crippen molar-refractivity contribution in [1.29, 1.82) is 0 Å². The van der Waals surface area contributed by atoms with Crippen LogP contribution in [0.1, 0.15) is 0 Å². The molecule has 3 heteroatoms. The highest BCUT2D eigenvalue weighted by Crippen LogP contribution is 2.38. The summed E-state index contributed by atoms with van der Waals surface area (Å²) in [7, 11) is 3.35. The molecule has 0 N–H and O–H groups in total. The van der Waals surface area contributed by atoms with Gasteiger partial charge in [0.25, 0.3) is 0 Å². The van der Waals surface area contributed by atoms with Gasteiger partial charge in [-0.25, -0.2) is 0 Å². The largest absolute Gasteiger partial charge is 0.496 e. The topological polar surface area (TPSA) is 18.5 Å². The van der Waals surface area contributed by atoms with Gasteiger partial charge in [0, 0.05) is 10.1 Å². The fourth-order valence-electron chi connectivity index (χ4n) is 1.35. The van der Waals surface area contributed by atoms with Gasteiger partial charge in [0.15, 0.2) is 0 Å². The van der Waals surface area contributed by atoms with E-state index in [9.17, 15) is 0 Å². The van der Waals surface area contributed by atoms with E-state index >= 15 is 0 Å². The van der Waals surface area contributed by atoms with E-state index in [1.165, 1.54) is 4.70 Å². The van der Waals surface area contributed by atoms with Gasteiger partial charge in [-0.15, -0.1) is 11.3 Å². The smallest absolute Gasteiger partial charge is 0.141 e. The highest BCUT2D eigenvalue weighted by atomic mass is 32.1. The third kappa shape index (κ3) is 1.25. The fourth-order valence-corrected chi connectivity index (χ4v) is 2.27. The Bertz CT molecular complexity index is 420. The number of rotatable bonds is 2. The van der Waals surface area contributed by atoms with E-state index in [-0.39, 0.29) is 0 Å². The van der Waals surface area contributed by atoms with Crippen molar-refractivity contribution in [3.63, 3.8) is 0 Å². The van der Waals surface area contributed by atoms with Crippen LogP contribution in [0.2, 0.25) is 0 Å². The number of hydrogen-bond acceptors (Lipinski definition) is 3. The predicted molar refractivity (Wildman–Crippen MR) is 54.9 cm³/mol. The summed E-state index contributed by atoms with van der Waals surface area (Å²) in [5.41, 5.74) is 0. The Kier molecular flexibility index (Phi) is 2.10. The second-order valence-electron chi connectivity index (χ2n) is 2.64. The Hall–Kier alpha value is -1.22. The summed E-state index contributed by atoms with van der Waals surface area (Å²) in [6.07, 6.45) is 0. The number of thiophene rings is 1. The molecule has 0 aliphatic carbocycles. The van der Waals surface area contributed by atoms with Crippen molar-refractivity contribution in [2.24, 2.45) is 0 Å². The lowest BCUT2D eigenvalue weighted by Gasteiger charge is -2.03. The van der Waals surface area contributed by atoms with Crippen molar-refractivity contribution in [1.82, 2.24) is 0 Å². The van der Waals surface area contributed by atoms with Gasteiger partial charge in [-0.2, -0.15) is 0 Å². The SMILES string of the molecule is COc1cccc2scc(OC)c12. The van der Waals surface area contributed by atoms with Gasteiger partial charge in [0.2, 0.25) is 0 Å². The van der Waals surface area contributed by atoms with Crippen molar-refractivity contribution in [3.05, 3.63) is 23.6 Å². The van der Waals surface area contributed by atoms with E-state index in [2.05, 4.69) is 6.07 Å². The molecule has 68 valence electrons. The highest BCUT2D eigenvalue weighted by molar-refractivity contribution is 7.17. The second kappa shape index (κ2) is 3.26. The first-order valence-corrected chi connectivity index (χ1v) is 4.83. The molecule has 1 aromatic carbocycles. The standard InChI is InChI=1S/C10H10O2S/c1-11-7-4-3-5-9-10(7)8(12-2)6-13-9/h3-6H,1-2H3. The summed E-state index contributed by atoms with van der Waals surface area (Å²) < 4.78 is 11.7. The van der Waals surface area contributed by atoms with Gasteiger partial charge in [-0.3, -0.25) is 0 Å². The number of fused-ring (bicyclic) bond motifs is 1. The average Bonchev–Trinajstić information content (AvgIpc) is 2.60. The minimum Gasteiger partial charge on any atom is -0.496 e. The monoisotopic (exact) mass is 194 g/mol. The van der Waals surface area contributed by atoms with Crippen molar-refractivity contribution in [2.45, 2.75) is 0 Å². The zero-order chi connectivity index (χ0) is 9.26. The molecular weight excluding hydrogens is 184 g/mol. The van der Waals surface area contributed by atoms with Crippen molar-refractivity contribution >= 4 is 21.4 Å². The van der Waals surface area contributed by atoms with Gasteiger partial charge in [-0.1, -0.05) is 6.07 Å². The predicted octanol–water partition coefficient (Wildman–Crippen LogP) is 2.92. The third-order valence-corrected chi connectivity index (χ3v) is 2.89. The van der Waals surface area contributed by atoms with Crippen LogP contribution in [-0.4, -0.2) is 14.2 Å². The Morgan fingerprint density at radius 2 is 1.85 bits per heavy atom. The van der Waals surface area contributed by atoms with Gasteiger partial charge in [0.05, 0.1) is 19.6 Å². The molecule has 0 fully saturated rings. The van der Waals surface area contributed by atoms with E-state index in [0.717, 1.165) is 16.9 Å². The lowest BCUT2D eigenvalue weighted by atomic mass is 10.2. The molecule has 2 nitrogen and oxygen atoms in total. The van der Waals surface area contributed by atoms with Crippen LogP contribution in [0.5, 0.6) is 11.5 Å². The van der Waals surface area contributed by atoms with Crippen LogP contribution in [-0.2, 0) is 0 Å². The summed E-state index contributed by atoms with van der Waals surface area (Å²) in [6, 6.07) is 5.99. The normalized spacial score (nSPS) is 10.3. The van der Waals surface area contributed by atoms with Gasteiger partial charge in [-0.05, 0) is 12.1 Å². The van der Waals surface area contributed by atoms with Crippen LogP contribution in [0.25, 0.3) is 10.1 Å². The first kappa shape index (κ1) is 8.38. The van der Waals surface area contributed by atoms with E-state index in [1.807, 2.05) is 17.5 Å². The third-order valence-electron chi connectivity index (χ3n) is 1.97. The van der Waals surface area contributed by atoms with E-state index in [0.29, 0.717) is 0 Å². The number of methoxy groups -OCH3 is 2. The summed E-state index contributed by atoms with van der Waals surface area (Å²) in [6.45, 7) is 0. The number of ether oxygens (including phenoxy) is 2. The summed E-state index contributed by atoms with van der Waals surface area (Å²) >= 11 is 1.66. The Morgan fingerprint density at radius 3 is 2.54 bits per heavy atom. The molecule has 2 aromatic rings. The van der Waals surface area contributed by atoms with Gasteiger partial charge < -0.3 is 9.47 Å². The molecule has 0 saturated heterocycles. The minimum atomic E-state index is 0.871. The quantitative estimate of drug-likeness (QED) is 0.731. The van der Waals surface area contributed by atoms with Crippen molar-refractivity contribution in [2.75, 3.05) is 14.2 Å². The molecule has 1 aromatic heterocycles. The Labute approximate surface area is 80.7 Å². The number of benzene rings is 1. The molecule has 1 heterocycles. The fraction of sp³-hybridized carbons (Fsp3) is 0.200. The van der Waals surface area contributed by atoms with Crippen LogP contribution in [0.15, 0.2) is 23.6 Å². The molecule has 0 aliphatic rings. The molecular formula is C10H10O2S.